The monoisotopic (exact) mass is 370 g/mol. The van der Waals surface area contributed by atoms with Gasteiger partial charge >= 0.3 is 0 Å². The molecule has 2 bridgehead atoms. The minimum Gasteiger partial charge on any atom is -0.354 e. The quantitative estimate of drug-likeness (QED) is 0.877. The molecule has 27 heavy (non-hydrogen) atoms. The fourth-order valence-electron chi connectivity index (χ4n) is 5.33. The first kappa shape index (κ1) is 18.4. The fraction of sp³-hybridized carbons (Fsp3) is 0.667. The Kier molecular flexibility index (Phi) is 5.17. The number of hydrogen-bond donors (Lipinski definition) is 1. The summed E-state index contributed by atoms with van der Waals surface area (Å²) in [5.41, 5.74) is 2.29. The summed E-state index contributed by atoms with van der Waals surface area (Å²) in [5.74, 6) is 1.21. The van der Waals surface area contributed by atoms with Crippen LogP contribution in [-0.4, -0.2) is 58.3 Å². The molecular formula is C21H30N4O2. The van der Waals surface area contributed by atoms with Gasteiger partial charge in [0.1, 0.15) is 0 Å². The minimum atomic E-state index is -0.0188. The van der Waals surface area contributed by atoms with Crippen LogP contribution in [-0.2, 0) is 16.1 Å². The Labute approximate surface area is 161 Å². The number of aryl methyl sites for hydroxylation is 1. The van der Waals surface area contributed by atoms with Crippen LogP contribution in [0.15, 0.2) is 18.3 Å². The summed E-state index contributed by atoms with van der Waals surface area (Å²) in [6.45, 7) is 7.05. The molecule has 6 heteroatoms. The van der Waals surface area contributed by atoms with Crippen LogP contribution in [0.4, 0.5) is 0 Å². The molecular weight excluding hydrogens is 340 g/mol. The van der Waals surface area contributed by atoms with E-state index in [4.69, 9.17) is 0 Å². The Bertz CT molecular complexity index is 705. The zero-order valence-corrected chi connectivity index (χ0v) is 16.4. The lowest BCUT2D eigenvalue weighted by atomic mass is 9.72. The van der Waals surface area contributed by atoms with E-state index in [-0.39, 0.29) is 17.9 Å². The third kappa shape index (κ3) is 3.86. The van der Waals surface area contributed by atoms with Gasteiger partial charge in [-0.1, -0.05) is 6.07 Å². The molecule has 1 N–H and O–H groups in total. The number of hydrogen-bond acceptors (Lipinski definition) is 4. The normalized spacial score (nSPS) is 30.7. The van der Waals surface area contributed by atoms with Crippen LogP contribution < -0.4 is 5.32 Å². The molecule has 4 rings (SSSR count). The van der Waals surface area contributed by atoms with E-state index in [9.17, 15) is 9.59 Å². The average molecular weight is 370 g/mol. The van der Waals surface area contributed by atoms with Crippen molar-refractivity contribution in [2.45, 2.75) is 58.2 Å². The second-order valence-corrected chi connectivity index (χ2v) is 8.54. The third-order valence-corrected chi connectivity index (χ3v) is 6.49. The Morgan fingerprint density at radius 2 is 2.11 bits per heavy atom. The summed E-state index contributed by atoms with van der Waals surface area (Å²) in [5, 5.41) is 2.98. The van der Waals surface area contributed by atoms with E-state index in [0.717, 1.165) is 44.6 Å². The van der Waals surface area contributed by atoms with Crippen molar-refractivity contribution in [3.63, 3.8) is 0 Å². The van der Waals surface area contributed by atoms with Gasteiger partial charge in [-0.2, -0.15) is 0 Å². The van der Waals surface area contributed by atoms with Crippen molar-refractivity contribution in [1.82, 2.24) is 20.1 Å². The number of fused-ring (bicyclic) bond motifs is 4. The van der Waals surface area contributed by atoms with Crippen LogP contribution >= 0.6 is 0 Å². The zero-order valence-electron chi connectivity index (χ0n) is 16.4. The molecule has 3 fully saturated rings. The van der Waals surface area contributed by atoms with Gasteiger partial charge in [-0.15, -0.1) is 0 Å². The minimum absolute atomic E-state index is 0.0188. The van der Waals surface area contributed by atoms with E-state index in [1.54, 1.807) is 6.92 Å². The Morgan fingerprint density at radius 3 is 2.85 bits per heavy atom. The Hall–Kier alpha value is -1.95. The molecule has 0 radical (unpaired) electrons. The molecule has 0 unspecified atom stereocenters. The molecule has 0 saturated carbocycles. The molecule has 3 aliphatic rings. The highest BCUT2D eigenvalue weighted by atomic mass is 16.2. The van der Waals surface area contributed by atoms with Crippen molar-refractivity contribution in [3.8, 4) is 0 Å². The van der Waals surface area contributed by atoms with Gasteiger partial charge in [-0.05, 0) is 49.7 Å². The number of piperidine rings is 3. The number of nitrogens with zero attached hydrogens (tertiary/aromatic N) is 3. The number of amides is 2. The zero-order chi connectivity index (χ0) is 19.0. The van der Waals surface area contributed by atoms with E-state index in [1.807, 2.05) is 6.20 Å². The predicted molar refractivity (Wildman–Crippen MR) is 103 cm³/mol. The first-order chi connectivity index (χ1) is 13.0. The molecule has 4 atom stereocenters. The molecule has 0 aromatic carbocycles. The van der Waals surface area contributed by atoms with Crippen LogP contribution in [0.1, 0.15) is 43.9 Å². The maximum atomic E-state index is 12.7. The number of rotatable bonds is 4. The molecule has 0 spiro atoms. The molecule has 0 aliphatic carbocycles. The Balaban J connectivity index is 1.53. The number of carbonyl (C=O) groups is 2. The first-order valence-corrected chi connectivity index (χ1v) is 10.2. The van der Waals surface area contributed by atoms with Gasteiger partial charge < -0.3 is 10.2 Å². The molecule has 3 saturated heterocycles. The van der Waals surface area contributed by atoms with Gasteiger partial charge in [0, 0.05) is 51.8 Å². The van der Waals surface area contributed by atoms with E-state index in [1.165, 1.54) is 5.56 Å². The van der Waals surface area contributed by atoms with Gasteiger partial charge in [0.15, 0.2) is 0 Å². The summed E-state index contributed by atoms with van der Waals surface area (Å²) in [6, 6.07) is 4.69. The maximum Gasteiger partial charge on any atom is 0.223 e. The summed E-state index contributed by atoms with van der Waals surface area (Å²) in [4.78, 5) is 33.4. The number of pyridine rings is 1. The van der Waals surface area contributed by atoms with E-state index in [2.05, 4.69) is 39.2 Å². The first-order valence-electron chi connectivity index (χ1n) is 10.2. The molecule has 1 aromatic rings. The number of likely N-dealkylation sites (tertiary alicyclic amines) is 1. The van der Waals surface area contributed by atoms with E-state index in [0.29, 0.717) is 30.8 Å². The summed E-state index contributed by atoms with van der Waals surface area (Å²) in [7, 11) is 0. The smallest absolute Gasteiger partial charge is 0.223 e. The van der Waals surface area contributed by atoms with Gasteiger partial charge in [-0.25, -0.2) is 0 Å². The fourth-order valence-corrected chi connectivity index (χ4v) is 5.33. The average Bonchev–Trinajstić information content (AvgIpc) is 2.64. The van der Waals surface area contributed by atoms with Gasteiger partial charge in [0.25, 0.3) is 0 Å². The van der Waals surface area contributed by atoms with Crippen molar-refractivity contribution < 1.29 is 9.59 Å². The second kappa shape index (κ2) is 7.58. The highest BCUT2D eigenvalue weighted by molar-refractivity contribution is 5.78. The largest absolute Gasteiger partial charge is 0.354 e. The van der Waals surface area contributed by atoms with Gasteiger partial charge in [0.05, 0.1) is 11.7 Å². The van der Waals surface area contributed by atoms with Crippen molar-refractivity contribution in [1.29, 1.82) is 0 Å². The van der Waals surface area contributed by atoms with Crippen LogP contribution in [0.2, 0.25) is 0 Å². The van der Waals surface area contributed by atoms with Crippen LogP contribution in [0.25, 0.3) is 0 Å². The second-order valence-electron chi connectivity index (χ2n) is 8.54. The highest BCUT2D eigenvalue weighted by Crippen LogP contribution is 2.41. The molecule has 6 nitrogen and oxygen atoms in total. The lowest BCUT2D eigenvalue weighted by Gasteiger charge is -2.56. The van der Waals surface area contributed by atoms with E-state index < -0.39 is 0 Å². The van der Waals surface area contributed by atoms with Crippen LogP contribution in [0, 0.1) is 18.8 Å². The van der Waals surface area contributed by atoms with Crippen LogP contribution in [0.5, 0.6) is 0 Å². The molecule has 4 heterocycles. The topological polar surface area (TPSA) is 65.5 Å². The molecule has 146 valence electrons. The number of carbonyl (C=O) groups excluding carboxylic acids is 2. The van der Waals surface area contributed by atoms with Crippen molar-refractivity contribution >= 4 is 11.8 Å². The lowest BCUT2D eigenvalue weighted by molar-refractivity contribution is -0.153. The number of aromatic nitrogens is 1. The predicted octanol–water partition coefficient (Wildman–Crippen LogP) is 1.73. The molecule has 1 aromatic heterocycles. The van der Waals surface area contributed by atoms with Crippen molar-refractivity contribution in [2.75, 3.05) is 19.6 Å². The maximum absolute atomic E-state index is 12.7. The summed E-state index contributed by atoms with van der Waals surface area (Å²) in [6.07, 6.45) is 5.84. The number of nitrogens with one attached hydrogen (secondary N) is 1. The molecule has 3 aliphatic heterocycles. The van der Waals surface area contributed by atoms with Crippen LogP contribution in [0.3, 0.4) is 0 Å². The molecule has 2 amide bonds. The lowest BCUT2D eigenvalue weighted by Crippen LogP contribution is -2.66. The Morgan fingerprint density at radius 1 is 1.30 bits per heavy atom. The summed E-state index contributed by atoms with van der Waals surface area (Å²) < 4.78 is 0. The van der Waals surface area contributed by atoms with Crippen molar-refractivity contribution in [3.05, 3.63) is 29.6 Å². The standard InChI is InChI=1S/C21H30N4O2/c1-14-6-7-18(23-9-14)13-24-11-16-8-17(12-24)20(10-22-15(2)26)25-19(16)4-3-5-21(25)27/h6-7,9,16-17,19-20H,3-5,8,10-13H2,1-2H3,(H,22,26)/t16-,17+,19+,20+/m1/s1. The summed E-state index contributed by atoms with van der Waals surface area (Å²) >= 11 is 0. The van der Waals surface area contributed by atoms with Gasteiger partial charge in [-0.3, -0.25) is 19.5 Å². The van der Waals surface area contributed by atoms with Crippen molar-refractivity contribution in [2.24, 2.45) is 11.8 Å². The van der Waals surface area contributed by atoms with Gasteiger partial charge in [0.2, 0.25) is 11.8 Å². The third-order valence-electron chi connectivity index (χ3n) is 6.49. The highest BCUT2D eigenvalue weighted by Gasteiger charge is 2.49. The SMILES string of the molecule is CC(=O)NC[C@H]1[C@H]2C[C@H](CN(Cc3ccc(C)cn3)C2)[C@@H]2CCCC(=O)N21. The van der Waals surface area contributed by atoms with E-state index >= 15 is 0 Å².